The third-order valence-electron chi connectivity index (χ3n) is 5.64. The number of anilines is 1. The van der Waals surface area contributed by atoms with Crippen LogP contribution in [0, 0.1) is 0 Å². The molecular formula is C26H23Cl2F3N4O2. The van der Waals surface area contributed by atoms with Crippen LogP contribution < -0.4 is 10.2 Å². The summed E-state index contributed by atoms with van der Waals surface area (Å²) >= 11 is 12.7. The van der Waals surface area contributed by atoms with Crippen molar-refractivity contribution >= 4 is 45.8 Å². The second-order valence-corrected chi connectivity index (χ2v) is 9.17. The Balaban J connectivity index is 1.55. The van der Waals surface area contributed by atoms with Crippen LogP contribution in [0.1, 0.15) is 36.1 Å². The highest BCUT2D eigenvalue weighted by molar-refractivity contribution is 6.38. The molecular weight excluding hydrogens is 528 g/mol. The van der Waals surface area contributed by atoms with Gasteiger partial charge in [0.2, 0.25) is 5.91 Å². The summed E-state index contributed by atoms with van der Waals surface area (Å²) in [5.41, 5.74) is 0.143. The summed E-state index contributed by atoms with van der Waals surface area (Å²) in [6.45, 7) is 2.46. The van der Waals surface area contributed by atoms with Crippen molar-refractivity contribution in [1.82, 2.24) is 15.3 Å². The van der Waals surface area contributed by atoms with E-state index in [2.05, 4.69) is 10.3 Å². The molecule has 0 radical (unpaired) electrons. The number of carbonyl (C=O) groups excluding carboxylic acids is 1. The maximum Gasteiger partial charge on any atom is 0.416 e. The Morgan fingerprint density at radius 1 is 1.11 bits per heavy atom. The zero-order valence-electron chi connectivity index (χ0n) is 19.8. The number of carbonyl (C=O) groups is 1. The number of furan rings is 1. The number of hydrogen-bond donors (Lipinski definition) is 1. The molecule has 194 valence electrons. The topological polar surface area (TPSA) is 71.3 Å². The molecule has 37 heavy (non-hydrogen) atoms. The molecule has 6 nitrogen and oxygen atoms in total. The molecule has 0 aliphatic rings. The minimum Gasteiger partial charge on any atom is -0.467 e. The van der Waals surface area contributed by atoms with Gasteiger partial charge >= 0.3 is 6.18 Å². The Morgan fingerprint density at radius 2 is 1.92 bits per heavy atom. The lowest BCUT2D eigenvalue weighted by Crippen LogP contribution is -2.31. The van der Waals surface area contributed by atoms with E-state index >= 15 is 0 Å². The van der Waals surface area contributed by atoms with Crippen molar-refractivity contribution < 1.29 is 22.4 Å². The van der Waals surface area contributed by atoms with E-state index < -0.39 is 11.7 Å². The number of hydrogen-bond acceptors (Lipinski definition) is 5. The second-order valence-electron chi connectivity index (χ2n) is 8.33. The molecule has 0 unspecified atom stereocenters. The SMILES string of the molecule is CCc1nc(N(CCC(=O)NCc2cccc(C(F)(F)F)c2)Cc2ccco2)c2cc(Cl)cc(Cl)c2n1. The van der Waals surface area contributed by atoms with Gasteiger partial charge in [0, 0.05) is 36.3 Å². The van der Waals surface area contributed by atoms with Crippen LogP contribution in [-0.2, 0) is 30.5 Å². The van der Waals surface area contributed by atoms with Crippen molar-refractivity contribution in [3.05, 3.63) is 87.6 Å². The van der Waals surface area contributed by atoms with Crippen LogP contribution in [0.25, 0.3) is 10.9 Å². The van der Waals surface area contributed by atoms with Gasteiger partial charge < -0.3 is 14.6 Å². The minimum atomic E-state index is -4.45. The fourth-order valence-corrected chi connectivity index (χ4v) is 4.36. The Morgan fingerprint density at radius 3 is 2.62 bits per heavy atom. The molecule has 0 aliphatic carbocycles. The molecule has 0 saturated heterocycles. The van der Waals surface area contributed by atoms with Crippen LogP contribution in [0.3, 0.4) is 0 Å². The van der Waals surface area contributed by atoms with Crippen LogP contribution in [0.15, 0.2) is 59.2 Å². The zero-order valence-corrected chi connectivity index (χ0v) is 21.3. The highest BCUT2D eigenvalue weighted by Gasteiger charge is 2.30. The molecule has 2 aromatic heterocycles. The monoisotopic (exact) mass is 550 g/mol. The molecule has 2 heterocycles. The second kappa shape index (κ2) is 11.4. The first-order chi connectivity index (χ1) is 17.6. The standard InChI is InChI=1S/C26H23Cl2F3N4O2/c1-2-22-33-24-20(12-18(27)13-21(24)28)25(34-22)35(15-19-7-4-10-37-19)9-8-23(36)32-14-16-5-3-6-17(11-16)26(29,30)31/h3-7,10-13H,2,8-9,14-15H2,1H3,(H,32,36). The fraction of sp³-hybridized carbons (Fsp3) is 0.269. The normalized spacial score (nSPS) is 11.6. The zero-order chi connectivity index (χ0) is 26.6. The minimum absolute atomic E-state index is 0.0252. The van der Waals surface area contributed by atoms with Gasteiger partial charge in [0.25, 0.3) is 0 Å². The molecule has 0 saturated carbocycles. The number of aryl methyl sites for hydroxylation is 1. The lowest BCUT2D eigenvalue weighted by molar-refractivity contribution is -0.137. The summed E-state index contributed by atoms with van der Waals surface area (Å²) in [7, 11) is 0. The van der Waals surface area contributed by atoms with Crippen molar-refractivity contribution in [3.63, 3.8) is 0 Å². The van der Waals surface area contributed by atoms with Gasteiger partial charge in [0.15, 0.2) is 0 Å². The average Bonchev–Trinajstić information content (AvgIpc) is 3.38. The number of rotatable bonds is 9. The largest absolute Gasteiger partial charge is 0.467 e. The molecule has 1 N–H and O–H groups in total. The lowest BCUT2D eigenvalue weighted by Gasteiger charge is -2.25. The first-order valence-corrected chi connectivity index (χ1v) is 12.3. The maximum absolute atomic E-state index is 13.0. The summed E-state index contributed by atoms with van der Waals surface area (Å²) in [4.78, 5) is 23.8. The molecule has 0 atom stereocenters. The summed E-state index contributed by atoms with van der Waals surface area (Å²) in [5, 5.41) is 4.13. The Hall–Kier alpha value is -3.30. The highest BCUT2D eigenvalue weighted by Crippen LogP contribution is 2.33. The predicted octanol–water partition coefficient (Wildman–Crippen LogP) is 6.82. The van der Waals surface area contributed by atoms with Gasteiger partial charge in [-0.3, -0.25) is 4.79 Å². The van der Waals surface area contributed by atoms with E-state index in [0.717, 1.165) is 12.1 Å². The molecule has 4 rings (SSSR count). The summed E-state index contributed by atoms with van der Waals surface area (Å²) in [6, 6.07) is 11.8. The van der Waals surface area contributed by atoms with Crippen LogP contribution in [0.2, 0.25) is 10.0 Å². The van der Waals surface area contributed by atoms with Gasteiger partial charge in [-0.2, -0.15) is 13.2 Å². The van der Waals surface area contributed by atoms with Gasteiger partial charge in [-0.1, -0.05) is 42.3 Å². The van der Waals surface area contributed by atoms with Crippen molar-refractivity contribution in [2.24, 2.45) is 0 Å². The van der Waals surface area contributed by atoms with Gasteiger partial charge in [-0.15, -0.1) is 0 Å². The maximum atomic E-state index is 13.0. The molecule has 0 fully saturated rings. The number of fused-ring (bicyclic) bond motifs is 1. The van der Waals surface area contributed by atoms with E-state index in [1.807, 2.05) is 17.9 Å². The number of alkyl halides is 3. The quantitative estimate of drug-likeness (QED) is 0.247. The number of aromatic nitrogens is 2. The number of benzene rings is 2. The van der Waals surface area contributed by atoms with Crippen LogP contribution in [0.5, 0.6) is 0 Å². The third-order valence-corrected chi connectivity index (χ3v) is 6.15. The van der Waals surface area contributed by atoms with Crippen LogP contribution in [-0.4, -0.2) is 22.4 Å². The average molecular weight is 551 g/mol. The smallest absolute Gasteiger partial charge is 0.416 e. The highest BCUT2D eigenvalue weighted by atomic mass is 35.5. The van der Waals surface area contributed by atoms with Crippen molar-refractivity contribution in [1.29, 1.82) is 0 Å². The number of nitrogens with one attached hydrogen (secondary N) is 1. The van der Waals surface area contributed by atoms with Crippen molar-refractivity contribution in [2.75, 3.05) is 11.4 Å². The van der Waals surface area contributed by atoms with Crippen molar-refractivity contribution in [3.8, 4) is 0 Å². The summed E-state index contributed by atoms with van der Waals surface area (Å²) < 4.78 is 44.5. The van der Waals surface area contributed by atoms with Crippen LogP contribution in [0.4, 0.5) is 19.0 Å². The Bertz CT molecular complexity index is 1390. The van der Waals surface area contributed by atoms with Crippen LogP contribution >= 0.6 is 23.2 Å². The molecule has 4 aromatic rings. The molecule has 11 heteroatoms. The van der Waals surface area contributed by atoms with E-state index in [1.54, 1.807) is 24.5 Å². The van der Waals surface area contributed by atoms with Gasteiger partial charge in [-0.25, -0.2) is 9.97 Å². The number of halogens is 5. The molecule has 1 amide bonds. The van der Waals surface area contributed by atoms with E-state index in [9.17, 15) is 18.0 Å². The van der Waals surface area contributed by atoms with Gasteiger partial charge in [-0.05, 0) is 42.0 Å². The fourth-order valence-electron chi connectivity index (χ4n) is 3.82. The summed E-state index contributed by atoms with van der Waals surface area (Å²) in [5.74, 6) is 1.45. The van der Waals surface area contributed by atoms with E-state index in [4.69, 9.17) is 32.6 Å². The number of nitrogens with zero attached hydrogens (tertiary/aromatic N) is 3. The summed E-state index contributed by atoms with van der Waals surface area (Å²) in [6.07, 6.45) is -2.27. The number of amides is 1. The Kier molecular flexibility index (Phi) is 8.24. The Labute approximate surface area is 221 Å². The molecule has 2 aromatic carbocycles. The van der Waals surface area contributed by atoms with Gasteiger partial charge in [0.05, 0.1) is 28.9 Å². The van der Waals surface area contributed by atoms with Crippen molar-refractivity contribution in [2.45, 2.75) is 39.0 Å². The third kappa shape index (κ3) is 6.72. The first kappa shape index (κ1) is 26.8. The lowest BCUT2D eigenvalue weighted by atomic mass is 10.1. The molecule has 0 bridgehead atoms. The molecule has 0 spiro atoms. The first-order valence-electron chi connectivity index (χ1n) is 11.5. The molecule has 0 aliphatic heterocycles. The van der Waals surface area contributed by atoms with E-state index in [1.165, 1.54) is 12.1 Å². The predicted molar refractivity (Wildman–Crippen MR) is 137 cm³/mol. The van der Waals surface area contributed by atoms with E-state index in [-0.39, 0.29) is 25.4 Å². The van der Waals surface area contributed by atoms with Gasteiger partial charge in [0.1, 0.15) is 17.4 Å². The van der Waals surface area contributed by atoms with E-state index in [0.29, 0.717) is 56.9 Å².